The molecule has 16 heavy (non-hydrogen) atoms. The second kappa shape index (κ2) is 4.60. The molecule has 0 spiro atoms. The van der Waals surface area contributed by atoms with E-state index >= 15 is 0 Å². The SMILES string of the molecule is Cc1ccc(C(C)(F)F)c(CCC(=O)O)c1. The van der Waals surface area contributed by atoms with Crippen LogP contribution in [0.5, 0.6) is 0 Å². The van der Waals surface area contributed by atoms with Crippen LogP contribution >= 0.6 is 0 Å². The van der Waals surface area contributed by atoms with E-state index in [1.54, 1.807) is 19.1 Å². The summed E-state index contributed by atoms with van der Waals surface area (Å²) in [5.74, 6) is -3.91. The molecule has 0 aliphatic heterocycles. The molecule has 0 atom stereocenters. The largest absolute Gasteiger partial charge is 0.481 e. The lowest BCUT2D eigenvalue weighted by atomic mass is 9.97. The molecule has 4 heteroatoms. The fourth-order valence-electron chi connectivity index (χ4n) is 1.60. The third kappa shape index (κ3) is 3.29. The molecule has 0 unspecified atom stereocenters. The van der Waals surface area contributed by atoms with Crippen molar-refractivity contribution in [2.45, 2.75) is 32.6 Å². The Morgan fingerprint density at radius 2 is 2.06 bits per heavy atom. The van der Waals surface area contributed by atoms with Gasteiger partial charge in [-0.05, 0) is 18.9 Å². The van der Waals surface area contributed by atoms with Crippen molar-refractivity contribution in [3.63, 3.8) is 0 Å². The van der Waals surface area contributed by atoms with Crippen LogP contribution in [0.4, 0.5) is 8.78 Å². The minimum absolute atomic E-state index is 0.0839. The number of carboxylic acid groups (broad SMARTS) is 1. The third-order valence-electron chi connectivity index (χ3n) is 2.34. The molecule has 0 fully saturated rings. The molecule has 0 aromatic heterocycles. The van der Waals surface area contributed by atoms with Crippen LogP contribution in [0.1, 0.15) is 30.0 Å². The van der Waals surface area contributed by atoms with Crippen LogP contribution < -0.4 is 0 Å². The highest BCUT2D eigenvalue weighted by Crippen LogP contribution is 2.31. The first-order valence-electron chi connectivity index (χ1n) is 5.00. The fourth-order valence-corrected chi connectivity index (χ4v) is 1.60. The van der Waals surface area contributed by atoms with Gasteiger partial charge >= 0.3 is 5.97 Å². The zero-order valence-corrected chi connectivity index (χ0v) is 9.26. The highest BCUT2D eigenvalue weighted by Gasteiger charge is 2.27. The fraction of sp³-hybridized carbons (Fsp3) is 0.417. The van der Waals surface area contributed by atoms with Crippen molar-refractivity contribution in [1.82, 2.24) is 0 Å². The van der Waals surface area contributed by atoms with Crippen LogP contribution in [-0.2, 0) is 17.1 Å². The van der Waals surface area contributed by atoms with E-state index in [1.165, 1.54) is 6.07 Å². The predicted molar refractivity (Wildman–Crippen MR) is 56.7 cm³/mol. The highest BCUT2D eigenvalue weighted by atomic mass is 19.3. The number of halogens is 2. The first-order valence-corrected chi connectivity index (χ1v) is 5.00. The minimum Gasteiger partial charge on any atom is -0.481 e. The van der Waals surface area contributed by atoms with Crippen LogP contribution in [0.15, 0.2) is 18.2 Å². The van der Waals surface area contributed by atoms with E-state index in [0.29, 0.717) is 5.56 Å². The number of alkyl halides is 2. The zero-order chi connectivity index (χ0) is 12.3. The van der Waals surface area contributed by atoms with Crippen LogP contribution in [0.25, 0.3) is 0 Å². The van der Waals surface area contributed by atoms with E-state index in [9.17, 15) is 13.6 Å². The molecule has 88 valence electrons. The molecule has 1 rings (SSSR count). The predicted octanol–water partition coefficient (Wildman–Crippen LogP) is 3.12. The second-order valence-corrected chi connectivity index (χ2v) is 3.94. The summed E-state index contributed by atoms with van der Waals surface area (Å²) in [5.41, 5.74) is 1.18. The molecule has 2 nitrogen and oxygen atoms in total. The maximum atomic E-state index is 13.2. The molecule has 1 aromatic rings. The van der Waals surface area contributed by atoms with Gasteiger partial charge in [0.05, 0.1) is 0 Å². The van der Waals surface area contributed by atoms with E-state index < -0.39 is 11.9 Å². The van der Waals surface area contributed by atoms with Gasteiger partial charge in [-0.1, -0.05) is 23.8 Å². The van der Waals surface area contributed by atoms with Crippen molar-refractivity contribution >= 4 is 5.97 Å². The number of hydrogen-bond acceptors (Lipinski definition) is 1. The van der Waals surface area contributed by atoms with Gasteiger partial charge in [-0.3, -0.25) is 4.79 Å². The average Bonchev–Trinajstić information content (AvgIpc) is 2.12. The van der Waals surface area contributed by atoms with Gasteiger partial charge < -0.3 is 5.11 Å². The summed E-state index contributed by atoms with van der Waals surface area (Å²) in [4.78, 5) is 10.4. The lowest BCUT2D eigenvalue weighted by Crippen LogP contribution is -2.12. The molecule has 0 bridgehead atoms. The zero-order valence-electron chi connectivity index (χ0n) is 9.26. The van der Waals surface area contributed by atoms with Crippen molar-refractivity contribution < 1.29 is 18.7 Å². The second-order valence-electron chi connectivity index (χ2n) is 3.94. The summed E-state index contributed by atoms with van der Waals surface area (Å²) in [6.45, 7) is 2.61. The molecule has 1 N–H and O–H groups in total. The Kier molecular flexibility index (Phi) is 3.62. The van der Waals surface area contributed by atoms with E-state index in [2.05, 4.69) is 0 Å². The smallest absolute Gasteiger partial charge is 0.303 e. The van der Waals surface area contributed by atoms with Crippen molar-refractivity contribution in [3.8, 4) is 0 Å². The Bertz CT molecular complexity index is 394. The van der Waals surface area contributed by atoms with Gasteiger partial charge in [-0.25, -0.2) is 8.78 Å². The van der Waals surface area contributed by atoms with Gasteiger partial charge in [0, 0.05) is 18.9 Å². The molecule has 0 heterocycles. The van der Waals surface area contributed by atoms with Crippen LogP contribution in [-0.4, -0.2) is 11.1 Å². The summed E-state index contributed by atoms with van der Waals surface area (Å²) in [5, 5.41) is 8.55. The van der Waals surface area contributed by atoms with Crippen molar-refractivity contribution in [3.05, 3.63) is 34.9 Å². The van der Waals surface area contributed by atoms with Gasteiger partial charge in [-0.15, -0.1) is 0 Å². The van der Waals surface area contributed by atoms with Crippen LogP contribution in [0.2, 0.25) is 0 Å². The molecular formula is C12H14F2O2. The third-order valence-corrected chi connectivity index (χ3v) is 2.34. The Labute approximate surface area is 92.9 Å². The van der Waals surface area contributed by atoms with Crippen molar-refractivity contribution in [2.24, 2.45) is 0 Å². The summed E-state index contributed by atoms with van der Waals surface area (Å²) < 4.78 is 26.4. The monoisotopic (exact) mass is 228 g/mol. The first-order chi connectivity index (χ1) is 7.30. The van der Waals surface area contributed by atoms with Crippen LogP contribution in [0, 0.1) is 6.92 Å². The quantitative estimate of drug-likeness (QED) is 0.859. The van der Waals surface area contributed by atoms with E-state index in [-0.39, 0.29) is 18.4 Å². The molecule has 1 aromatic carbocycles. The summed E-state index contributed by atoms with van der Waals surface area (Å²) in [6, 6.07) is 4.60. The standard InChI is InChI=1S/C12H14F2O2/c1-8-3-5-10(12(2,13)14)9(7-8)4-6-11(15)16/h3,5,7H,4,6H2,1-2H3,(H,15,16). The van der Waals surface area contributed by atoms with E-state index in [4.69, 9.17) is 5.11 Å². The van der Waals surface area contributed by atoms with Crippen molar-refractivity contribution in [1.29, 1.82) is 0 Å². The number of aryl methyl sites for hydroxylation is 2. The van der Waals surface area contributed by atoms with Gasteiger partial charge in [0.25, 0.3) is 5.92 Å². The molecule has 0 radical (unpaired) electrons. The summed E-state index contributed by atoms with van der Waals surface area (Å²) in [7, 11) is 0. The summed E-state index contributed by atoms with van der Waals surface area (Å²) >= 11 is 0. The topological polar surface area (TPSA) is 37.3 Å². The number of rotatable bonds is 4. The van der Waals surface area contributed by atoms with Crippen molar-refractivity contribution in [2.75, 3.05) is 0 Å². The van der Waals surface area contributed by atoms with Crippen LogP contribution in [0.3, 0.4) is 0 Å². The molecule has 0 aliphatic carbocycles. The molecule has 0 saturated carbocycles. The Balaban J connectivity index is 3.04. The number of hydrogen-bond donors (Lipinski definition) is 1. The molecule has 0 aliphatic rings. The van der Waals surface area contributed by atoms with Gasteiger partial charge in [-0.2, -0.15) is 0 Å². The molecular weight excluding hydrogens is 214 g/mol. The number of carbonyl (C=O) groups is 1. The van der Waals surface area contributed by atoms with Gasteiger partial charge in [0.2, 0.25) is 0 Å². The van der Waals surface area contributed by atoms with E-state index in [1.807, 2.05) is 0 Å². The lowest BCUT2D eigenvalue weighted by molar-refractivity contribution is -0.137. The maximum Gasteiger partial charge on any atom is 0.303 e. The first kappa shape index (κ1) is 12.6. The normalized spacial score (nSPS) is 11.5. The van der Waals surface area contributed by atoms with Gasteiger partial charge in [0.1, 0.15) is 0 Å². The number of benzene rings is 1. The minimum atomic E-state index is -2.93. The Hall–Kier alpha value is -1.45. The molecule has 0 amide bonds. The van der Waals surface area contributed by atoms with E-state index in [0.717, 1.165) is 12.5 Å². The Morgan fingerprint density at radius 1 is 1.44 bits per heavy atom. The van der Waals surface area contributed by atoms with Gasteiger partial charge in [0.15, 0.2) is 0 Å². The highest BCUT2D eigenvalue weighted by molar-refractivity contribution is 5.67. The molecule has 0 saturated heterocycles. The summed E-state index contributed by atoms with van der Waals surface area (Å²) in [6.07, 6.45) is 0.00229. The average molecular weight is 228 g/mol. The number of aliphatic carboxylic acids is 1. The lowest BCUT2D eigenvalue weighted by Gasteiger charge is -2.16. The number of carboxylic acids is 1. The maximum absolute atomic E-state index is 13.2. The Morgan fingerprint density at radius 3 is 2.56 bits per heavy atom.